The zero-order valence-electron chi connectivity index (χ0n) is 18.3. The Hall–Kier alpha value is -3.92. The first-order valence-electron chi connectivity index (χ1n) is 10.2. The summed E-state index contributed by atoms with van der Waals surface area (Å²) in [5, 5.41) is 15.9. The molecule has 0 bridgehead atoms. The number of anilines is 3. The molecule has 0 aliphatic heterocycles. The predicted octanol–water partition coefficient (Wildman–Crippen LogP) is 4.24. The summed E-state index contributed by atoms with van der Waals surface area (Å²) in [7, 11) is -3.88. The smallest absolute Gasteiger partial charge is 0.335 e. The second-order valence-corrected chi connectivity index (χ2v) is 9.68. The van der Waals surface area contributed by atoms with Gasteiger partial charge in [-0.2, -0.15) is 9.97 Å². The number of hydrogen-bond acceptors (Lipinski definition) is 7. The van der Waals surface area contributed by atoms with Crippen molar-refractivity contribution >= 4 is 44.5 Å². The van der Waals surface area contributed by atoms with Gasteiger partial charge in [0.1, 0.15) is 5.82 Å². The highest BCUT2D eigenvalue weighted by Gasteiger charge is 2.22. The quantitative estimate of drug-likeness (QED) is 0.370. The van der Waals surface area contributed by atoms with Gasteiger partial charge in [-0.15, -0.1) is 0 Å². The molecule has 0 spiro atoms. The van der Waals surface area contributed by atoms with E-state index in [-0.39, 0.29) is 28.1 Å². The van der Waals surface area contributed by atoms with Crippen LogP contribution in [0.25, 0.3) is 11.0 Å². The Kier molecular flexibility index (Phi) is 5.77. The van der Waals surface area contributed by atoms with Crippen molar-refractivity contribution < 1.29 is 18.3 Å². The van der Waals surface area contributed by atoms with E-state index in [9.17, 15) is 13.2 Å². The van der Waals surface area contributed by atoms with Gasteiger partial charge in [0.05, 0.1) is 15.8 Å². The van der Waals surface area contributed by atoms with Gasteiger partial charge >= 0.3 is 5.97 Å². The zero-order chi connectivity index (χ0) is 23.8. The summed E-state index contributed by atoms with van der Waals surface area (Å²) < 4.78 is 27.8. The van der Waals surface area contributed by atoms with Crippen molar-refractivity contribution in [3.05, 3.63) is 71.9 Å². The molecule has 0 aliphatic rings. The normalized spacial score (nSPS) is 11.6. The van der Waals surface area contributed by atoms with Crippen molar-refractivity contribution in [2.45, 2.75) is 31.7 Å². The Morgan fingerprint density at radius 3 is 2.27 bits per heavy atom. The molecule has 9 nitrogen and oxygen atoms in total. The van der Waals surface area contributed by atoms with Gasteiger partial charge in [0, 0.05) is 17.9 Å². The molecular weight excluding hydrogens is 442 g/mol. The number of carboxylic acids is 1. The maximum atomic E-state index is 13.3. The molecule has 2 aromatic carbocycles. The van der Waals surface area contributed by atoms with Crippen LogP contribution in [0.4, 0.5) is 17.5 Å². The van der Waals surface area contributed by atoms with Crippen LogP contribution in [0.15, 0.2) is 65.7 Å². The summed E-state index contributed by atoms with van der Waals surface area (Å²) in [5.74, 6) is -0.368. The first kappa shape index (κ1) is 22.3. The molecule has 0 saturated heterocycles. The van der Waals surface area contributed by atoms with E-state index in [4.69, 9.17) is 5.11 Å². The number of nitrogens with zero attached hydrogens (tertiary/aromatic N) is 3. The van der Waals surface area contributed by atoms with Crippen molar-refractivity contribution in [2.24, 2.45) is 0 Å². The van der Waals surface area contributed by atoms with Crippen molar-refractivity contribution in [1.29, 1.82) is 0 Å². The van der Waals surface area contributed by atoms with Gasteiger partial charge in [0.2, 0.25) is 5.95 Å². The fourth-order valence-electron chi connectivity index (χ4n) is 3.27. The van der Waals surface area contributed by atoms with E-state index in [0.29, 0.717) is 16.9 Å². The molecule has 10 heteroatoms. The summed E-state index contributed by atoms with van der Waals surface area (Å²) in [6.45, 7) is 5.79. The van der Waals surface area contributed by atoms with Crippen molar-refractivity contribution in [3.8, 4) is 0 Å². The van der Waals surface area contributed by atoms with Gasteiger partial charge in [-0.05, 0) is 63.2 Å². The van der Waals surface area contributed by atoms with E-state index < -0.39 is 16.0 Å². The topological polar surface area (TPSA) is 126 Å². The van der Waals surface area contributed by atoms with Crippen LogP contribution in [0, 0.1) is 6.92 Å². The largest absolute Gasteiger partial charge is 0.478 e. The number of nitrogens with one attached hydrogen (secondary N) is 2. The molecule has 170 valence electrons. The predicted molar refractivity (Wildman–Crippen MR) is 127 cm³/mol. The Morgan fingerprint density at radius 2 is 1.67 bits per heavy atom. The van der Waals surface area contributed by atoms with E-state index in [0.717, 1.165) is 9.54 Å². The lowest BCUT2D eigenvalue weighted by Crippen LogP contribution is -2.15. The highest BCUT2D eigenvalue weighted by Crippen LogP contribution is 2.28. The molecule has 0 fully saturated rings. The average molecular weight is 466 g/mol. The molecule has 0 unspecified atom stereocenters. The maximum absolute atomic E-state index is 13.3. The second-order valence-electron chi connectivity index (χ2n) is 7.87. The van der Waals surface area contributed by atoms with E-state index in [2.05, 4.69) is 20.6 Å². The standard InChI is InChI=1S/C23H23N5O4S/c1-14(2)24-20-19-12-13-28(33(31,32)18-10-4-15(3)5-11-18)21(19)27-23(26-20)25-17-8-6-16(7-9-17)22(29)30/h4-14H,1-3H3,(H,29,30)(H2,24,25,26,27). The SMILES string of the molecule is Cc1ccc(S(=O)(=O)n2ccc3c(NC(C)C)nc(Nc4ccc(C(=O)O)cc4)nc32)cc1. The summed E-state index contributed by atoms with van der Waals surface area (Å²) in [4.78, 5) is 20.2. The minimum absolute atomic E-state index is 0.0443. The van der Waals surface area contributed by atoms with Crippen LogP contribution >= 0.6 is 0 Å². The maximum Gasteiger partial charge on any atom is 0.335 e. The van der Waals surface area contributed by atoms with Crippen LogP contribution in [-0.2, 0) is 10.0 Å². The van der Waals surface area contributed by atoms with E-state index in [1.165, 1.54) is 18.3 Å². The minimum Gasteiger partial charge on any atom is -0.478 e. The number of fused-ring (bicyclic) bond motifs is 1. The Balaban J connectivity index is 1.82. The monoisotopic (exact) mass is 465 g/mol. The Morgan fingerprint density at radius 1 is 1.00 bits per heavy atom. The van der Waals surface area contributed by atoms with Crippen LogP contribution in [-0.4, -0.2) is 39.5 Å². The summed E-state index contributed by atoms with van der Waals surface area (Å²) in [6.07, 6.45) is 1.46. The molecule has 33 heavy (non-hydrogen) atoms. The number of aromatic carboxylic acids is 1. The number of aryl methyl sites for hydroxylation is 1. The van der Waals surface area contributed by atoms with E-state index in [1.54, 1.807) is 42.5 Å². The third-order valence-electron chi connectivity index (χ3n) is 4.90. The molecule has 0 radical (unpaired) electrons. The second kappa shape index (κ2) is 8.55. The molecule has 2 heterocycles. The van der Waals surface area contributed by atoms with Gasteiger partial charge in [0.15, 0.2) is 5.65 Å². The van der Waals surface area contributed by atoms with Gasteiger partial charge in [-0.25, -0.2) is 17.2 Å². The number of carbonyl (C=O) groups is 1. The molecule has 4 rings (SSSR count). The average Bonchev–Trinajstić information content (AvgIpc) is 3.19. The molecule has 0 aliphatic carbocycles. The van der Waals surface area contributed by atoms with Crippen LogP contribution < -0.4 is 10.6 Å². The number of hydrogen-bond donors (Lipinski definition) is 3. The van der Waals surface area contributed by atoms with Gasteiger partial charge < -0.3 is 15.7 Å². The lowest BCUT2D eigenvalue weighted by molar-refractivity contribution is 0.0697. The Bertz CT molecular complexity index is 1430. The fraction of sp³-hybridized carbons (Fsp3) is 0.174. The molecule has 2 aromatic heterocycles. The van der Waals surface area contributed by atoms with Crippen LogP contribution in [0.5, 0.6) is 0 Å². The molecule has 3 N–H and O–H groups in total. The van der Waals surface area contributed by atoms with E-state index in [1.807, 2.05) is 20.8 Å². The van der Waals surface area contributed by atoms with Gasteiger partial charge in [-0.1, -0.05) is 17.7 Å². The molecule has 4 aromatic rings. The highest BCUT2D eigenvalue weighted by atomic mass is 32.2. The number of aromatic nitrogens is 3. The third-order valence-corrected chi connectivity index (χ3v) is 6.58. The number of rotatable bonds is 7. The number of benzene rings is 2. The Labute approximate surface area is 191 Å². The first-order chi connectivity index (χ1) is 15.6. The lowest BCUT2D eigenvalue weighted by Gasteiger charge is -2.14. The fourth-order valence-corrected chi connectivity index (χ4v) is 4.57. The van der Waals surface area contributed by atoms with Gasteiger partial charge in [0.25, 0.3) is 10.0 Å². The molecule has 0 atom stereocenters. The summed E-state index contributed by atoms with van der Waals surface area (Å²) >= 11 is 0. The van der Waals surface area contributed by atoms with Crippen LogP contribution in [0.3, 0.4) is 0 Å². The third kappa shape index (κ3) is 4.51. The minimum atomic E-state index is -3.88. The van der Waals surface area contributed by atoms with Crippen molar-refractivity contribution in [2.75, 3.05) is 10.6 Å². The molecule has 0 saturated carbocycles. The summed E-state index contributed by atoms with van der Waals surface area (Å²) in [6, 6.07) is 14.4. The van der Waals surface area contributed by atoms with Crippen molar-refractivity contribution in [3.63, 3.8) is 0 Å². The first-order valence-corrected chi connectivity index (χ1v) is 11.7. The highest BCUT2D eigenvalue weighted by molar-refractivity contribution is 7.90. The van der Waals surface area contributed by atoms with Crippen LogP contribution in [0.1, 0.15) is 29.8 Å². The van der Waals surface area contributed by atoms with E-state index >= 15 is 0 Å². The zero-order valence-corrected chi connectivity index (χ0v) is 19.1. The van der Waals surface area contributed by atoms with Crippen molar-refractivity contribution in [1.82, 2.24) is 13.9 Å². The molecule has 0 amide bonds. The summed E-state index contributed by atoms with van der Waals surface area (Å²) in [5.41, 5.74) is 1.89. The molecular formula is C23H23N5O4S. The van der Waals surface area contributed by atoms with Gasteiger partial charge in [-0.3, -0.25) is 0 Å². The number of carboxylic acid groups (broad SMARTS) is 1. The van der Waals surface area contributed by atoms with Crippen LogP contribution in [0.2, 0.25) is 0 Å². The lowest BCUT2D eigenvalue weighted by atomic mass is 10.2.